The van der Waals surface area contributed by atoms with Gasteiger partial charge in [-0.2, -0.15) is 17.9 Å². The Bertz CT molecular complexity index is 1110. The Labute approximate surface area is 167 Å². The van der Waals surface area contributed by atoms with Gasteiger partial charge in [-0.1, -0.05) is 29.5 Å². The zero-order chi connectivity index (χ0) is 20.8. The summed E-state index contributed by atoms with van der Waals surface area (Å²) < 4.78 is 40.8. The van der Waals surface area contributed by atoms with Gasteiger partial charge in [-0.15, -0.1) is 5.10 Å². The number of carbonyl (C=O) groups excluding carboxylic acids is 1. The zero-order valence-corrected chi connectivity index (χ0v) is 15.4. The van der Waals surface area contributed by atoms with Crippen molar-refractivity contribution in [3.05, 3.63) is 76.5 Å². The van der Waals surface area contributed by atoms with E-state index in [0.29, 0.717) is 23.0 Å². The molecule has 1 aliphatic rings. The maximum atomic E-state index is 13.1. The average molecular weight is 421 g/mol. The third kappa shape index (κ3) is 3.35. The summed E-state index contributed by atoms with van der Waals surface area (Å²) in [7, 11) is 0. The number of aromatic nitrogens is 5. The number of allylic oxidation sites excluding steroid dienone is 1. The van der Waals surface area contributed by atoms with E-state index in [-0.39, 0.29) is 18.5 Å². The fraction of sp³-hybridized carbons (Fsp3) is 0.167. The highest BCUT2D eigenvalue weighted by Gasteiger charge is 2.36. The number of hydrogen-bond acceptors (Lipinski definition) is 5. The van der Waals surface area contributed by atoms with Gasteiger partial charge in [-0.05, 0) is 18.2 Å². The second kappa shape index (κ2) is 6.96. The summed E-state index contributed by atoms with van der Waals surface area (Å²) in [6, 6.07) is 4.87. The molecule has 2 aromatic heterocycles. The van der Waals surface area contributed by atoms with Crippen molar-refractivity contribution < 1.29 is 18.0 Å². The minimum Gasteiger partial charge on any atom is -0.306 e. The molecule has 11 heteroatoms. The normalized spacial score (nSPS) is 14.1. The van der Waals surface area contributed by atoms with E-state index in [9.17, 15) is 18.0 Å². The standard InChI is InChI=1S/C18H12ClF3N6O/c1-10-8-14-13(25-26-28(14)17-23-6-3-7-24-17)9-27(10)16(29)11-4-2-5-12(15(11)19)18(20,21)22/h2-7H,1,8-9H2. The van der Waals surface area contributed by atoms with Gasteiger partial charge in [0, 0.05) is 24.5 Å². The molecule has 0 atom stereocenters. The largest absolute Gasteiger partial charge is 0.417 e. The summed E-state index contributed by atoms with van der Waals surface area (Å²) in [6.45, 7) is 3.88. The van der Waals surface area contributed by atoms with Crippen LogP contribution in [-0.4, -0.2) is 35.8 Å². The maximum absolute atomic E-state index is 13.1. The maximum Gasteiger partial charge on any atom is 0.417 e. The molecule has 3 heterocycles. The lowest BCUT2D eigenvalue weighted by Gasteiger charge is -2.29. The molecule has 1 aromatic carbocycles. The van der Waals surface area contributed by atoms with Crippen LogP contribution in [0.4, 0.5) is 13.2 Å². The Balaban J connectivity index is 1.67. The van der Waals surface area contributed by atoms with E-state index in [1.54, 1.807) is 18.5 Å². The van der Waals surface area contributed by atoms with E-state index in [4.69, 9.17) is 11.6 Å². The summed E-state index contributed by atoms with van der Waals surface area (Å²) in [5, 5.41) is 7.43. The lowest BCUT2D eigenvalue weighted by molar-refractivity contribution is -0.137. The number of carbonyl (C=O) groups is 1. The van der Waals surface area contributed by atoms with E-state index in [2.05, 4.69) is 26.9 Å². The lowest BCUT2D eigenvalue weighted by atomic mass is 10.0. The second-order valence-electron chi connectivity index (χ2n) is 6.24. The molecule has 148 valence electrons. The van der Waals surface area contributed by atoms with Gasteiger partial charge in [0.2, 0.25) is 0 Å². The highest BCUT2D eigenvalue weighted by atomic mass is 35.5. The van der Waals surface area contributed by atoms with Gasteiger partial charge in [-0.3, -0.25) is 4.79 Å². The van der Waals surface area contributed by atoms with E-state index in [1.807, 2.05) is 0 Å². The molecule has 1 amide bonds. The second-order valence-corrected chi connectivity index (χ2v) is 6.62. The molecule has 0 aliphatic carbocycles. The number of nitrogens with zero attached hydrogens (tertiary/aromatic N) is 6. The van der Waals surface area contributed by atoms with Crippen LogP contribution in [0.15, 0.2) is 48.9 Å². The summed E-state index contributed by atoms with van der Waals surface area (Å²) in [5.41, 5.74) is 0.169. The first-order valence-corrected chi connectivity index (χ1v) is 8.71. The smallest absolute Gasteiger partial charge is 0.306 e. The van der Waals surface area contributed by atoms with Crippen LogP contribution in [0.3, 0.4) is 0 Å². The van der Waals surface area contributed by atoms with Gasteiger partial charge < -0.3 is 4.90 Å². The van der Waals surface area contributed by atoms with Gasteiger partial charge in [0.05, 0.1) is 28.4 Å². The van der Waals surface area contributed by atoms with E-state index in [0.717, 1.165) is 12.1 Å². The topological polar surface area (TPSA) is 76.8 Å². The highest BCUT2D eigenvalue weighted by Crippen LogP contribution is 2.37. The first-order chi connectivity index (χ1) is 13.8. The number of alkyl halides is 3. The number of amides is 1. The molecule has 3 aromatic rings. The van der Waals surface area contributed by atoms with Gasteiger partial charge in [0.25, 0.3) is 11.9 Å². The minimum atomic E-state index is -4.67. The van der Waals surface area contributed by atoms with Crippen LogP contribution >= 0.6 is 11.6 Å². The molecule has 4 rings (SSSR count). The number of benzene rings is 1. The fourth-order valence-corrected chi connectivity index (χ4v) is 3.33. The van der Waals surface area contributed by atoms with Gasteiger partial charge in [0.1, 0.15) is 5.69 Å². The molecule has 0 radical (unpaired) electrons. The molecule has 7 nitrogen and oxygen atoms in total. The highest BCUT2D eigenvalue weighted by molar-refractivity contribution is 6.34. The Morgan fingerprint density at radius 1 is 1.17 bits per heavy atom. The Morgan fingerprint density at radius 2 is 1.90 bits per heavy atom. The minimum absolute atomic E-state index is 0.00753. The van der Waals surface area contributed by atoms with Crippen molar-refractivity contribution in [1.29, 1.82) is 0 Å². The van der Waals surface area contributed by atoms with Crippen LogP contribution in [0.5, 0.6) is 0 Å². The van der Waals surface area contributed by atoms with Gasteiger partial charge in [-0.25, -0.2) is 9.97 Å². The molecular weight excluding hydrogens is 409 g/mol. The Hall–Kier alpha value is -3.27. The number of fused-ring (bicyclic) bond motifs is 1. The predicted octanol–water partition coefficient (Wildman–Crippen LogP) is 3.44. The molecule has 0 saturated carbocycles. The SMILES string of the molecule is C=C1Cc2c(nnn2-c2ncccn2)CN1C(=O)c1cccc(C(F)(F)F)c1Cl. The summed E-state index contributed by atoms with van der Waals surface area (Å²) in [6.07, 6.45) is -1.36. The van der Waals surface area contributed by atoms with Crippen molar-refractivity contribution in [3.63, 3.8) is 0 Å². The third-order valence-corrected chi connectivity index (χ3v) is 4.83. The molecule has 29 heavy (non-hydrogen) atoms. The lowest BCUT2D eigenvalue weighted by Crippen LogP contribution is -2.34. The van der Waals surface area contributed by atoms with Crippen molar-refractivity contribution >= 4 is 17.5 Å². The molecule has 0 unspecified atom stereocenters. The van der Waals surface area contributed by atoms with E-state index in [1.165, 1.54) is 15.6 Å². The molecule has 1 aliphatic heterocycles. The Kier molecular flexibility index (Phi) is 4.58. The van der Waals surface area contributed by atoms with Crippen molar-refractivity contribution in [2.45, 2.75) is 19.1 Å². The monoisotopic (exact) mass is 420 g/mol. The number of hydrogen-bond donors (Lipinski definition) is 0. The number of rotatable bonds is 2. The molecule has 0 N–H and O–H groups in total. The van der Waals surface area contributed by atoms with Crippen LogP contribution in [0.2, 0.25) is 5.02 Å². The van der Waals surface area contributed by atoms with Crippen molar-refractivity contribution in [1.82, 2.24) is 29.9 Å². The number of halogens is 4. The van der Waals surface area contributed by atoms with Crippen LogP contribution in [0, 0.1) is 0 Å². The first-order valence-electron chi connectivity index (χ1n) is 8.33. The van der Waals surface area contributed by atoms with Crippen LogP contribution in [0.1, 0.15) is 27.3 Å². The molecule has 0 saturated heterocycles. The molecule has 0 bridgehead atoms. The third-order valence-electron chi connectivity index (χ3n) is 4.43. The predicted molar refractivity (Wildman–Crippen MR) is 96.1 cm³/mol. The zero-order valence-electron chi connectivity index (χ0n) is 14.7. The summed E-state index contributed by atoms with van der Waals surface area (Å²) in [5.74, 6) is -0.378. The molecule has 0 fully saturated rings. The first kappa shape index (κ1) is 19.1. The van der Waals surface area contributed by atoms with Crippen molar-refractivity contribution in [2.75, 3.05) is 0 Å². The van der Waals surface area contributed by atoms with E-state index < -0.39 is 22.7 Å². The Morgan fingerprint density at radius 3 is 2.59 bits per heavy atom. The van der Waals surface area contributed by atoms with Crippen LogP contribution in [-0.2, 0) is 19.1 Å². The van der Waals surface area contributed by atoms with Crippen LogP contribution < -0.4 is 0 Å². The summed E-state index contributed by atoms with van der Waals surface area (Å²) >= 11 is 5.89. The van der Waals surface area contributed by atoms with Crippen LogP contribution in [0.25, 0.3) is 5.95 Å². The average Bonchev–Trinajstić information content (AvgIpc) is 3.09. The molecular formula is C18H12ClF3N6O. The quantitative estimate of drug-likeness (QED) is 0.634. The van der Waals surface area contributed by atoms with Crippen molar-refractivity contribution in [3.8, 4) is 5.95 Å². The van der Waals surface area contributed by atoms with Gasteiger partial charge >= 0.3 is 6.18 Å². The fourth-order valence-electron chi connectivity index (χ4n) is 3.02. The summed E-state index contributed by atoms with van der Waals surface area (Å²) in [4.78, 5) is 22.4. The van der Waals surface area contributed by atoms with Crippen molar-refractivity contribution in [2.24, 2.45) is 0 Å². The molecule has 0 spiro atoms. The van der Waals surface area contributed by atoms with E-state index >= 15 is 0 Å². The van der Waals surface area contributed by atoms with Gasteiger partial charge in [0.15, 0.2) is 0 Å².